The fraction of sp³-hybridized carbons (Fsp3) is 0.400. The fourth-order valence-corrected chi connectivity index (χ4v) is 9.00. The maximum absolute atomic E-state index is 2.39. The Balaban J connectivity index is 2.08. The molecule has 166 valence electrons. The first-order chi connectivity index (χ1) is 14.3. The molecule has 0 aromatic heterocycles. The van der Waals surface area contributed by atoms with Crippen LogP contribution < -0.4 is 0 Å². The van der Waals surface area contributed by atoms with Gasteiger partial charge in [-0.15, -0.1) is 0 Å². The zero-order chi connectivity index (χ0) is 23.0. The van der Waals surface area contributed by atoms with Crippen molar-refractivity contribution in [1.82, 2.24) is 0 Å². The molecular weight excluding hydrogens is 487 g/mol. The minimum atomic E-state index is -1.76. The molecule has 0 unspecified atom stereocenters. The van der Waals surface area contributed by atoms with Crippen LogP contribution in [0.2, 0.25) is 0 Å². The number of benzene rings is 3. The Hall–Kier alpha value is -1.61. The van der Waals surface area contributed by atoms with Gasteiger partial charge in [-0.3, -0.25) is 0 Å². The molecule has 0 N–H and O–H groups in total. The molecule has 0 aliphatic carbocycles. The van der Waals surface area contributed by atoms with Crippen molar-refractivity contribution in [1.29, 1.82) is 0 Å². The Morgan fingerprint density at radius 1 is 0.355 bits per heavy atom. The minimum absolute atomic E-state index is 0.181. The number of hydrogen-bond donors (Lipinski definition) is 0. The monoisotopic (exact) mass is 526 g/mol. The Kier molecular flexibility index (Phi) is 6.77. The molecule has 3 aromatic carbocycles. The molecule has 0 amide bonds. The van der Waals surface area contributed by atoms with E-state index < -0.39 is 19.8 Å². The molecule has 0 saturated heterocycles. The van der Waals surface area contributed by atoms with E-state index >= 15 is 0 Å². The van der Waals surface area contributed by atoms with Crippen molar-refractivity contribution in [3.63, 3.8) is 0 Å². The predicted molar refractivity (Wildman–Crippen MR) is 146 cm³/mol. The molecule has 1 heteroatoms. The van der Waals surface area contributed by atoms with Gasteiger partial charge in [0.25, 0.3) is 0 Å². The molecule has 0 nitrogen and oxygen atoms in total. The Morgan fingerprint density at radius 3 is 0.710 bits per heavy atom. The molecule has 3 rings (SSSR count). The summed E-state index contributed by atoms with van der Waals surface area (Å²) in [6.45, 7) is 20.6. The van der Waals surface area contributed by atoms with Crippen LogP contribution in [0.15, 0.2) is 72.8 Å². The standard InChI is InChI=1S/C30H39I/c1-28(2,3)22-10-16-25(17-11-22)31(26-18-12-23(13-19-26)29(4,5)6)27-20-14-24(15-21-27)30(7,8)9/h10-21H,1-9H3. The zero-order valence-electron chi connectivity index (χ0n) is 20.8. The second-order valence-corrected chi connectivity index (χ2v) is 16.9. The van der Waals surface area contributed by atoms with Crippen LogP contribution in [0.1, 0.15) is 79.0 Å². The van der Waals surface area contributed by atoms with Crippen LogP contribution in [0.25, 0.3) is 0 Å². The van der Waals surface area contributed by atoms with Crippen LogP contribution >= 0.6 is 19.8 Å². The summed E-state index contributed by atoms with van der Waals surface area (Å²) in [6, 6.07) is 28.4. The van der Waals surface area contributed by atoms with Crippen LogP contribution in [0.4, 0.5) is 0 Å². The predicted octanol–water partition coefficient (Wildman–Crippen LogP) is 8.99. The molecular formula is C30H39I. The average molecular weight is 527 g/mol. The molecule has 0 aliphatic rings. The summed E-state index contributed by atoms with van der Waals surface area (Å²) in [4.78, 5) is 0. The molecule has 3 aromatic rings. The van der Waals surface area contributed by atoms with Crippen LogP contribution in [-0.2, 0) is 16.2 Å². The van der Waals surface area contributed by atoms with Crippen molar-refractivity contribution in [2.24, 2.45) is 0 Å². The van der Waals surface area contributed by atoms with E-state index in [1.807, 2.05) is 0 Å². The van der Waals surface area contributed by atoms with Gasteiger partial charge in [0.2, 0.25) is 0 Å². The van der Waals surface area contributed by atoms with Crippen LogP contribution in [0.3, 0.4) is 0 Å². The van der Waals surface area contributed by atoms with Gasteiger partial charge in [-0.2, -0.15) is 0 Å². The number of hydrogen-bond acceptors (Lipinski definition) is 0. The zero-order valence-corrected chi connectivity index (χ0v) is 23.0. The van der Waals surface area contributed by atoms with E-state index in [9.17, 15) is 0 Å². The van der Waals surface area contributed by atoms with E-state index in [1.165, 1.54) is 27.4 Å². The van der Waals surface area contributed by atoms with Gasteiger partial charge in [0.15, 0.2) is 0 Å². The van der Waals surface area contributed by atoms with Crippen molar-refractivity contribution < 1.29 is 0 Å². The van der Waals surface area contributed by atoms with Crippen molar-refractivity contribution >= 4 is 19.8 Å². The van der Waals surface area contributed by atoms with E-state index in [-0.39, 0.29) is 16.2 Å². The van der Waals surface area contributed by atoms with Crippen molar-refractivity contribution in [3.05, 3.63) is 100 Å². The summed E-state index contributed by atoms with van der Waals surface area (Å²) in [7, 11) is 0. The third-order valence-electron chi connectivity index (χ3n) is 5.79. The quantitative estimate of drug-likeness (QED) is 0.299. The Morgan fingerprint density at radius 2 is 0.548 bits per heavy atom. The Labute approximate surface area is 197 Å². The second-order valence-electron chi connectivity index (χ2n) is 11.6. The van der Waals surface area contributed by atoms with Gasteiger partial charge in [0.1, 0.15) is 0 Å². The first-order valence-electron chi connectivity index (χ1n) is 11.3. The average Bonchev–Trinajstić information content (AvgIpc) is 2.67. The number of halogens is 1. The van der Waals surface area contributed by atoms with Gasteiger partial charge in [0.05, 0.1) is 0 Å². The third kappa shape index (κ3) is 5.80. The fourth-order valence-electron chi connectivity index (χ4n) is 3.61. The second kappa shape index (κ2) is 8.73. The van der Waals surface area contributed by atoms with Gasteiger partial charge < -0.3 is 0 Å². The first kappa shape index (κ1) is 24.0. The normalized spacial score (nSPS) is 13.3. The summed E-state index contributed by atoms with van der Waals surface area (Å²) in [5.41, 5.74) is 4.75. The van der Waals surface area contributed by atoms with Gasteiger partial charge in [-0.05, 0) is 0 Å². The van der Waals surface area contributed by atoms with Crippen molar-refractivity contribution in [2.75, 3.05) is 0 Å². The third-order valence-corrected chi connectivity index (χ3v) is 11.7. The van der Waals surface area contributed by atoms with Gasteiger partial charge in [-0.25, -0.2) is 0 Å². The summed E-state index contributed by atoms with van der Waals surface area (Å²) in [6.07, 6.45) is 0. The molecule has 0 saturated carbocycles. The summed E-state index contributed by atoms with van der Waals surface area (Å²) < 4.78 is 4.51. The van der Waals surface area contributed by atoms with E-state index in [4.69, 9.17) is 0 Å². The van der Waals surface area contributed by atoms with Crippen LogP contribution in [0.5, 0.6) is 0 Å². The van der Waals surface area contributed by atoms with Crippen LogP contribution in [-0.4, -0.2) is 0 Å². The molecule has 0 spiro atoms. The van der Waals surface area contributed by atoms with Gasteiger partial charge >= 0.3 is 199 Å². The van der Waals surface area contributed by atoms with Gasteiger partial charge in [0, 0.05) is 0 Å². The molecule has 0 atom stereocenters. The van der Waals surface area contributed by atoms with E-state index in [2.05, 4.69) is 135 Å². The molecule has 0 heterocycles. The molecule has 0 aliphatic heterocycles. The summed E-state index contributed by atoms with van der Waals surface area (Å²) in [5.74, 6) is 0. The number of rotatable bonds is 3. The van der Waals surface area contributed by atoms with E-state index in [0.717, 1.165) is 0 Å². The summed E-state index contributed by atoms with van der Waals surface area (Å²) in [5, 5.41) is 0. The molecule has 31 heavy (non-hydrogen) atoms. The van der Waals surface area contributed by atoms with Crippen molar-refractivity contribution in [2.45, 2.75) is 78.6 Å². The maximum atomic E-state index is 2.39. The van der Waals surface area contributed by atoms with Crippen molar-refractivity contribution in [3.8, 4) is 0 Å². The van der Waals surface area contributed by atoms with Crippen LogP contribution in [0, 0.1) is 10.7 Å². The SMILES string of the molecule is CC(C)(C)c1ccc(I(c2ccc(C(C)(C)C)cc2)c2ccc(C(C)(C)C)cc2)cc1. The van der Waals surface area contributed by atoms with E-state index in [1.54, 1.807) is 0 Å². The summed E-state index contributed by atoms with van der Waals surface area (Å²) >= 11 is -1.76. The topological polar surface area (TPSA) is 0 Å². The molecule has 0 radical (unpaired) electrons. The van der Waals surface area contributed by atoms with Gasteiger partial charge in [-0.1, -0.05) is 0 Å². The van der Waals surface area contributed by atoms with E-state index in [0.29, 0.717) is 0 Å². The molecule has 0 bridgehead atoms. The Bertz CT molecular complexity index is 850. The molecule has 0 fully saturated rings. The first-order valence-corrected chi connectivity index (χ1v) is 14.5.